The molecule has 1 N–H and O–H groups in total. The largest absolute Gasteiger partial charge is 0.328 e. The summed E-state index contributed by atoms with van der Waals surface area (Å²) in [5.41, 5.74) is 2.60. The number of nitrogens with zero attached hydrogens (tertiary/aromatic N) is 2. The van der Waals surface area contributed by atoms with E-state index in [-0.39, 0.29) is 0 Å². The number of hydrogen-bond donors (Lipinski definition) is 1. The van der Waals surface area contributed by atoms with Crippen molar-refractivity contribution in [2.24, 2.45) is 0 Å². The molecule has 4 heteroatoms. The summed E-state index contributed by atoms with van der Waals surface area (Å²) in [6.45, 7) is 0.645. The predicted octanol–water partition coefficient (Wildman–Crippen LogP) is 3.33. The molecule has 94 valence electrons. The van der Waals surface area contributed by atoms with Gasteiger partial charge in [-0.2, -0.15) is 0 Å². The minimum atomic E-state index is 0.483. The van der Waals surface area contributed by atoms with Crippen LogP contribution in [0.3, 0.4) is 0 Å². The number of hydrogen-bond acceptors (Lipinski definition) is 2. The zero-order valence-corrected chi connectivity index (χ0v) is 11.8. The zero-order valence-electron chi connectivity index (χ0n) is 10.2. The van der Waals surface area contributed by atoms with Gasteiger partial charge in [-0.15, -0.1) is 0 Å². The molecule has 1 aromatic carbocycles. The van der Waals surface area contributed by atoms with Crippen molar-refractivity contribution in [3.8, 4) is 0 Å². The zero-order chi connectivity index (χ0) is 13.2. The summed E-state index contributed by atoms with van der Waals surface area (Å²) in [4.78, 5) is 4.44. The highest BCUT2D eigenvalue weighted by Gasteiger charge is 2.03. The highest BCUT2D eigenvalue weighted by atomic mass is 79.9. The second-order valence-electron chi connectivity index (χ2n) is 4.35. The molecule has 0 spiro atoms. The van der Waals surface area contributed by atoms with E-state index in [0.29, 0.717) is 12.0 Å². The van der Waals surface area contributed by atoms with Gasteiger partial charge in [0, 0.05) is 22.3 Å². The molecule has 19 heavy (non-hydrogen) atoms. The van der Waals surface area contributed by atoms with Crippen LogP contribution in [-0.4, -0.2) is 9.55 Å². The summed E-state index contributed by atoms with van der Waals surface area (Å²) in [5.74, 6) is 0. The van der Waals surface area contributed by atoms with Gasteiger partial charge in [0.1, 0.15) is 5.49 Å². The molecule has 0 amide bonds. The summed E-state index contributed by atoms with van der Waals surface area (Å²) in [7, 11) is 0. The third-order valence-corrected chi connectivity index (χ3v) is 3.52. The summed E-state index contributed by atoms with van der Waals surface area (Å²) in [5, 5.41) is 9.07. The normalized spacial score (nSPS) is 10.8. The van der Waals surface area contributed by atoms with Crippen LogP contribution in [0.25, 0.3) is 10.9 Å². The van der Waals surface area contributed by atoms with Crippen molar-refractivity contribution in [3.05, 3.63) is 70.4 Å². The first-order valence-electron chi connectivity index (χ1n) is 5.97. The maximum atomic E-state index is 7.95. The summed E-state index contributed by atoms with van der Waals surface area (Å²) < 4.78 is 2.87. The topological polar surface area (TPSA) is 41.7 Å². The monoisotopic (exact) mass is 313 g/mol. The Balaban J connectivity index is 2.11. The Hall–Kier alpha value is -1.94. The van der Waals surface area contributed by atoms with Gasteiger partial charge in [-0.3, -0.25) is 10.4 Å². The van der Waals surface area contributed by atoms with Crippen LogP contribution < -0.4 is 5.49 Å². The van der Waals surface area contributed by atoms with Gasteiger partial charge in [0.05, 0.1) is 12.1 Å². The average molecular weight is 314 g/mol. The van der Waals surface area contributed by atoms with Crippen LogP contribution in [0.4, 0.5) is 0 Å². The van der Waals surface area contributed by atoms with Gasteiger partial charge < -0.3 is 4.57 Å². The number of halogens is 1. The predicted molar refractivity (Wildman–Crippen MR) is 78.8 cm³/mol. The van der Waals surface area contributed by atoms with E-state index >= 15 is 0 Å². The van der Waals surface area contributed by atoms with Crippen LogP contribution >= 0.6 is 15.9 Å². The molecule has 0 fully saturated rings. The SMILES string of the molecule is N=c1ccc(Br)cn1Cc1cccc2cccnc12. The Morgan fingerprint density at radius 2 is 1.95 bits per heavy atom. The van der Waals surface area contributed by atoms with Crippen LogP contribution in [0.2, 0.25) is 0 Å². The van der Waals surface area contributed by atoms with Crippen molar-refractivity contribution < 1.29 is 0 Å². The van der Waals surface area contributed by atoms with E-state index in [1.165, 1.54) is 0 Å². The quantitative estimate of drug-likeness (QED) is 0.774. The number of benzene rings is 1. The van der Waals surface area contributed by atoms with E-state index in [2.05, 4.69) is 39.1 Å². The number of rotatable bonds is 2. The third-order valence-electron chi connectivity index (χ3n) is 3.05. The second-order valence-corrected chi connectivity index (χ2v) is 5.27. The smallest absolute Gasteiger partial charge is 0.125 e. The number of pyridine rings is 2. The number of fused-ring (bicyclic) bond motifs is 1. The maximum Gasteiger partial charge on any atom is 0.125 e. The standard InChI is InChI=1S/C15H12BrN3/c16-13-6-7-14(17)19(10-13)9-12-4-1-3-11-5-2-8-18-15(11)12/h1-8,10,17H,9H2. The van der Waals surface area contributed by atoms with Gasteiger partial charge in [0.25, 0.3) is 0 Å². The Labute approximate surface area is 119 Å². The third kappa shape index (κ3) is 2.44. The highest BCUT2D eigenvalue weighted by molar-refractivity contribution is 9.10. The molecule has 0 aliphatic rings. The molecule has 0 bridgehead atoms. The minimum Gasteiger partial charge on any atom is -0.328 e. The molecule has 2 heterocycles. The van der Waals surface area contributed by atoms with E-state index in [4.69, 9.17) is 5.41 Å². The van der Waals surface area contributed by atoms with Crippen molar-refractivity contribution in [1.29, 1.82) is 5.41 Å². The van der Waals surface area contributed by atoms with E-state index in [1.54, 1.807) is 12.3 Å². The van der Waals surface area contributed by atoms with Crippen molar-refractivity contribution in [1.82, 2.24) is 9.55 Å². The fraction of sp³-hybridized carbons (Fsp3) is 0.0667. The number of aromatic nitrogens is 2. The highest BCUT2D eigenvalue weighted by Crippen LogP contribution is 2.17. The molecule has 0 saturated carbocycles. The van der Waals surface area contributed by atoms with E-state index in [0.717, 1.165) is 20.9 Å². The lowest BCUT2D eigenvalue weighted by Crippen LogP contribution is -2.19. The molecule has 3 rings (SSSR count). The molecule has 2 aromatic heterocycles. The van der Waals surface area contributed by atoms with Gasteiger partial charge in [0.15, 0.2) is 0 Å². The van der Waals surface area contributed by atoms with Crippen molar-refractivity contribution in [3.63, 3.8) is 0 Å². The molecule has 3 nitrogen and oxygen atoms in total. The average Bonchev–Trinajstić information content (AvgIpc) is 2.43. The summed E-state index contributed by atoms with van der Waals surface area (Å²) in [6.07, 6.45) is 3.73. The van der Waals surface area contributed by atoms with Gasteiger partial charge >= 0.3 is 0 Å². The number of para-hydroxylation sites is 1. The molecule has 0 unspecified atom stereocenters. The van der Waals surface area contributed by atoms with Crippen LogP contribution in [0, 0.1) is 5.41 Å². The lowest BCUT2D eigenvalue weighted by molar-refractivity contribution is 0.731. The molecule has 0 radical (unpaired) electrons. The summed E-state index contributed by atoms with van der Waals surface area (Å²) in [6, 6.07) is 13.8. The van der Waals surface area contributed by atoms with Gasteiger partial charge in [-0.25, -0.2) is 0 Å². The van der Waals surface area contributed by atoms with Crippen molar-refractivity contribution in [2.45, 2.75) is 6.54 Å². The Kier molecular flexibility index (Phi) is 3.17. The lowest BCUT2D eigenvalue weighted by Gasteiger charge is -2.09. The first kappa shape index (κ1) is 12.1. The van der Waals surface area contributed by atoms with Crippen LogP contribution in [0.5, 0.6) is 0 Å². The summed E-state index contributed by atoms with van der Waals surface area (Å²) >= 11 is 3.44. The van der Waals surface area contributed by atoms with E-state index in [9.17, 15) is 0 Å². The molecule has 0 saturated heterocycles. The molecule has 3 aromatic rings. The van der Waals surface area contributed by atoms with Crippen LogP contribution in [0.1, 0.15) is 5.56 Å². The first-order chi connectivity index (χ1) is 9.24. The van der Waals surface area contributed by atoms with Crippen molar-refractivity contribution >= 4 is 26.8 Å². The fourth-order valence-corrected chi connectivity index (χ4v) is 2.50. The minimum absolute atomic E-state index is 0.483. The lowest BCUT2D eigenvalue weighted by atomic mass is 10.1. The van der Waals surface area contributed by atoms with E-state index < -0.39 is 0 Å². The Morgan fingerprint density at radius 3 is 2.84 bits per heavy atom. The molecule has 0 aliphatic carbocycles. The van der Waals surface area contributed by atoms with Crippen LogP contribution in [0.15, 0.2) is 59.3 Å². The molecular formula is C15H12BrN3. The van der Waals surface area contributed by atoms with Gasteiger partial charge in [0.2, 0.25) is 0 Å². The Morgan fingerprint density at radius 1 is 1.11 bits per heavy atom. The molecule has 0 aliphatic heterocycles. The van der Waals surface area contributed by atoms with Gasteiger partial charge in [-0.05, 0) is 39.7 Å². The fourth-order valence-electron chi connectivity index (χ4n) is 2.13. The number of nitrogens with one attached hydrogen (secondary N) is 1. The Bertz CT molecular complexity index is 787. The maximum absolute atomic E-state index is 7.95. The van der Waals surface area contributed by atoms with Crippen LogP contribution in [-0.2, 0) is 6.54 Å². The van der Waals surface area contributed by atoms with Gasteiger partial charge in [-0.1, -0.05) is 24.3 Å². The molecule has 0 atom stereocenters. The second kappa shape index (κ2) is 4.97. The van der Waals surface area contributed by atoms with Crippen molar-refractivity contribution in [2.75, 3.05) is 0 Å². The molecular weight excluding hydrogens is 302 g/mol. The first-order valence-corrected chi connectivity index (χ1v) is 6.76. The van der Waals surface area contributed by atoms with E-state index in [1.807, 2.05) is 29.0 Å².